The van der Waals surface area contributed by atoms with Crippen LogP contribution in [0.5, 0.6) is 0 Å². The Bertz CT molecular complexity index is 53.9. The highest BCUT2D eigenvalue weighted by molar-refractivity contribution is 4.45. The van der Waals surface area contributed by atoms with Crippen molar-refractivity contribution in [2.24, 2.45) is 0 Å². The fourth-order valence-corrected chi connectivity index (χ4v) is 1.01. The number of hydrogen-bond donors (Lipinski definition) is 0. The molecule has 0 aliphatic heterocycles. The first-order chi connectivity index (χ1) is 5.41. The van der Waals surface area contributed by atoms with Gasteiger partial charge in [-0.25, -0.2) is 0 Å². The van der Waals surface area contributed by atoms with Crippen LogP contribution in [0.4, 0.5) is 0 Å². The van der Waals surface area contributed by atoms with Crippen LogP contribution in [0.3, 0.4) is 0 Å². The number of ether oxygens (including phenoxy) is 1. The highest BCUT2D eigenvalue weighted by atomic mass is 16.5. The Morgan fingerprint density at radius 1 is 0.818 bits per heavy atom. The monoisotopic (exact) mass is 156 g/mol. The van der Waals surface area contributed by atoms with Gasteiger partial charge < -0.3 is 4.74 Å². The molecule has 1 heteroatoms. The zero-order chi connectivity index (χ0) is 8.36. The third kappa shape index (κ3) is 9.96. The zero-order valence-electron chi connectivity index (χ0n) is 7.48. The summed E-state index contributed by atoms with van der Waals surface area (Å²) in [4.78, 5) is 0. The van der Waals surface area contributed by atoms with E-state index in [4.69, 9.17) is 4.74 Å². The Balaban J connectivity index is 2.69. The molecule has 0 saturated carbocycles. The second kappa shape index (κ2) is 9.96. The van der Waals surface area contributed by atoms with Gasteiger partial charge in [-0.15, -0.1) is 0 Å². The summed E-state index contributed by atoms with van der Waals surface area (Å²) in [6, 6.07) is 0. The van der Waals surface area contributed by atoms with E-state index in [-0.39, 0.29) is 0 Å². The van der Waals surface area contributed by atoms with Crippen molar-refractivity contribution in [1.82, 2.24) is 0 Å². The molecule has 0 aromatic carbocycles. The van der Waals surface area contributed by atoms with Gasteiger partial charge in [0.2, 0.25) is 0 Å². The molecular weight excluding hydrogens is 136 g/mol. The minimum absolute atomic E-state index is 0.610. The van der Waals surface area contributed by atoms with E-state index in [1.54, 1.807) is 0 Å². The van der Waals surface area contributed by atoms with Gasteiger partial charge in [0.25, 0.3) is 0 Å². The van der Waals surface area contributed by atoms with E-state index in [0.717, 1.165) is 13.0 Å². The highest BCUT2D eigenvalue weighted by Gasteiger charge is 1.88. The summed E-state index contributed by atoms with van der Waals surface area (Å²) >= 11 is 0. The molecule has 0 N–H and O–H groups in total. The van der Waals surface area contributed by atoms with E-state index in [1.807, 2.05) is 0 Å². The van der Waals surface area contributed by atoms with Crippen molar-refractivity contribution in [2.75, 3.05) is 13.2 Å². The van der Waals surface area contributed by atoms with Gasteiger partial charge in [-0.2, -0.15) is 0 Å². The smallest absolute Gasteiger partial charge is 0.0466 e. The van der Waals surface area contributed by atoms with Gasteiger partial charge >= 0.3 is 0 Å². The first-order valence-electron chi connectivity index (χ1n) is 4.58. The third-order valence-corrected chi connectivity index (χ3v) is 1.68. The van der Waals surface area contributed by atoms with Crippen LogP contribution in [0, 0.1) is 13.8 Å². The average molecular weight is 156 g/mol. The SMILES string of the molecule is [CH2]CCCCCCCOC[CH2]. The molecule has 0 aliphatic rings. The van der Waals surface area contributed by atoms with Gasteiger partial charge in [0.05, 0.1) is 0 Å². The fraction of sp³-hybridized carbons (Fsp3) is 0.800. The van der Waals surface area contributed by atoms with Crippen LogP contribution >= 0.6 is 0 Å². The second-order valence-electron chi connectivity index (χ2n) is 2.73. The molecule has 0 aromatic heterocycles. The summed E-state index contributed by atoms with van der Waals surface area (Å²) in [6.07, 6.45) is 7.49. The van der Waals surface area contributed by atoms with Gasteiger partial charge in [-0.1, -0.05) is 39.0 Å². The molecule has 11 heavy (non-hydrogen) atoms. The molecular formula is C10H20O. The first kappa shape index (κ1) is 11.0. The summed E-state index contributed by atoms with van der Waals surface area (Å²) in [7, 11) is 0. The molecule has 0 saturated heterocycles. The topological polar surface area (TPSA) is 9.23 Å². The van der Waals surface area contributed by atoms with Crippen molar-refractivity contribution in [3.8, 4) is 0 Å². The van der Waals surface area contributed by atoms with Crippen molar-refractivity contribution in [3.05, 3.63) is 13.8 Å². The largest absolute Gasteiger partial charge is 0.381 e. The predicted octanol–water partition coefficient (Wildman–Crippen LogP) is 3.01. The molecule has 0 atom stereocenters. The van der Waals surface area contributed by atoms with Crippen LogP contribution in [0.1, 0.15) is 38.5 Å². The molecule has 0 spiro atoms. The molecule has 0 bridgehead atoms. The maximum absolute atomic E-state index is 5.12. The van der Waals surface area contributed by atoms with Crippen LogP contribution in [-0.4, -0.2) is 13.2 Å². The van der Waals surface area contributed by atoms with E-state index < -0.39 is 0 Å². The quantitative estimate of drug-likeness (QED) is 0.491. The van der Waals surface area contributed by atoms with E-state index in [2.05, 4.69) is 13.8 Å². The third-order valence-electron chi connectivity index (χ3n) is 1.68. The lowest BCUT2D eigenvalue weighted by Crippen LogP contribution is -1.92. The summed E-state index contributed by atoms with van der Waals surface area (Å²) in [5.74, 6) is 0. The Morgan fingerprint density at radius 2 is 1.45 bits per heavy atom. The van der Waals surface area contributed by atoms with Gasteiger partial charge in [0, 0.05) is 13.2 Å². The average Bonchev–Trinajstić information content (AvgIpc) is 2.03. The minimum Gasteiger partial charge on any atom is -0.381 e. The second-order valence-corrected chi connectivity index (χ2v) is 2.73. The van der Waals surface area contributed by atoms with Crippen LogP contribution in [0.25, 0.3) is 0 Å². The molecule has 0 aliphatic carbocycles. The Hall–Kier alpha value is -0.0400. The Morgan fingerprint density at radius 3 is 2.09 bits per heavy atom. The molecule has 0 rings (SSSR count). The first-order valence-corrected chi connectivity index (χ1v) is 4.58. The molecule has 0 fully saturated rings. The zero-order valence-corrected chi connectivity index (χ0v) is 7.48. The molecule has 0 amide bonds. The summed E-state index contributed by atoms with van der Waals surface area (Å²) in [6.45, 7) is 8.90. The molecule has 0 aromatic rings. The van der Waals surface area contributed by atoms with Gasteiger partial charge in [-0.05, 0) is 13.3 Å². The van der Waals surface area contributed by atoms with Crippen LogP contribution in [0.2, 0.25) is 0 Å². The highest BCUT2D eigenvalue weighted by Crippen LogP contribution is 2.04. The molecule has 66 valence electrons. The van der Waals surface area contributed by atoms with Gasteiger partial charge in [0.15, 0.2) is 0 Å². The number of hydrogen-bond acceptors (Lipinski definition) is 1. The van der Waals surface area contributed by atoms with Crippen LogP contribution in [-0.2, 0) is 4.74 Å². The summed E-state index contributed by atoms with van der Waals surface area (Å²) in [5, 5.41) is 0. The van der Waals surface area contributed by atoms with Crippen molar-refractivity contribution >= 4 is 0 Å². The van der Waals surface area contributed by atoms with Crippen LogP contribution in [0.15, 0.2) is 0 Å². The predicted molar refractivity (Wildman–Crippen MR) is 49.2 cm³/mol. The minimum atomic E-state index is 0.610. The molecule has 0 unspecified atom stereocenters. The fourth-order valence-electron chi connectivity index (χ4n) is 1.01. The Kier molecular flexibility index (Phi) is 9.92. The standard InChI is InChI=1S/C10H20O/c1-3-5-6-7-8-9-10-11-4-2/h1-10H2. The van der Waals surface area contributed by atoms with E-state index >= 15 is 0 Å². The number of rotatable bonds is 8. The van der Waals surface area contributed by atoms with Gasteiger partial charge in [-0.3, -0.25) is 0 Å². The maximum atomic E-state index is 5.12. The normalized spacial score (nSPS) is 10.4. The van der Waals surface area contributed by atoms with E-state index in [9.17, 15) is 0 Å². The van der Waals surface area contributed by atoms with Crippen molar-refractivity contribution in [3.63, 3.8) is 0 Å². The Labute approximate surface area is 71.1 Å². The lowest BCUT2D eigenvalue weighted by atomic mass is 10.1. The maximum Gasteiger partial charge on any atom is 0.0466 e. The van der Waals surface area contributed by atoms with E-state index in [1.165, 1.54) is 32.1 Å². The lowest BCUT2D eigenvalue weighted by Gasteiger charge is -2.00. The summed E-state index contributed by atoms with van der Waals surface area (Å²) in [5.41, 5.74) is 0. The summed E-state index contributed by atoms with van der Waals surface area (Å²) < 4.78 is 5.12. The molecule has 0 heterocycles. The number of unbranched alkanes of at least 4 members (excludes halogenated alkanes) is 5. The molecule has 1 nitrogen and oxygen atoms in total. The van der Waals surface area contributed by atoms with Crippen molar-refractivity contribution < 1.29 is 4.74 Å². The van der Waals surface area contributed by atoms with Crippen LogP contribution < -0.4 is 0 Å². The molecule has 2 radical (unpaired) electrons. The van der Waals surface area contributed by atoms with Gasteiger partial charge in [0.1, 0.15) is 0 Å². The lowest BCUT2D eigenvalue weighted by molar-refractivity contribution is 0.156. The van der Waals surface area contributed by atoms with E-state index in [0.29, 0.717) is 6.61 Å². The van der Waals surface area contributed by atoms with Crippen molar-refractivity contribution in [1.29, 1.82) is 0 Å². The van der Waals surface area contributed by atoms with Crippen molar-refractivity contribution in [2.45, 2.75) is 38.5 Å².